The highest BCUT2D eigenvalue weighted by Gasteiger charge is 2.31. The highest BCUT2D eigenvalue weighted by atomic mass is 32.1. The summed E-state index contributed by atoms with van der Waals surface area (Å²) in [5.41, 5.74) is 6.49. The van der Waals surface area contributed by atoms with Crippen LogP contribution in [0.4, 0.5) is 10.6 Å². The molecule has 4 rings (SSSR count). The largest absolute Gasteiger partial charge is 0.444 e. The van der Waals surface area contributed by atoms with Crippen molar-refractivity contribution in [1.82, 2.24) is 19.8 Å². The first-order valence-corrected chi connectivity index (χ1v) is 10.7. The summed E-state index contributed by atoms with van der Waals surface area (Å²) >= 11 is 1.57. The topological polar surface area (TPSA) is 120 Å². The second kappa shape index (κ2) is 7.42. The Morgan fingerprint density at radius 2 is 2.13 bits per heavy atom. The number of nitrogen functional groups attached to an aromatic ring is 1. The average molecular weight is 432 g/mol. The first-order valence-electron chi connectivity index (χ1n) is 9.84. The van der Waals surface area contributed by atoms with Crippen LogP contribution in [0.2, 0.25) is 0 Å². The number of hydrogen-bond donors (Lipinski definition) is 2. The summed E-state index contributed by atoms with van der Waals surface area (Å²) in [6, 6.07) is 1.45. The normalized spacial score (nSPS) is 17.6. The maximum Gasteiger partial charge on any atom is 0.410 e. The lowest BCUT2D eigenvalue weighted by molar-refractivity contribution is -0.124. The highest BCUT2D eigenvalue weighted by Crippen LogP contribution is 2.32. The predicted octanol–water partition coefficient (Wildman–Crippen LogP) is 1.94. The molecule has 4 heterocycles. The first-order chi connectivity index (χ1) is 14.1. The fourth-order valence-electron chi connectivity index (χ4n) is 3.77. The number of nitrogens with one attached hydrogen (secondary N) is 1. The molecule has 0 spiro atoms. The molecule has 0 bridgehead atoms. The van der Waals surface area contributed by atoms with Gasteiger partial charge >= 0.3 is 6.09 Å². The average Bonchev–Trinajstić information content (AvgIpc) is 3.34. The number of nitrogens with zero attached hydrogens (tertiary/aromatic N) is 3. The summed E-state index contributed by atoms with van der Waals surface area (Å²) in [5.74, 6) is -0.298. The number of thiophene rings is 1. The van der Waals surface area contributed by atoms with E-state index in [1.54, 1.807) is 22.4 Å². The van der Waals surface area contributed by atoms with Gasteiger partial charge in [0.25, 0.3) is 5.56 Å². The second-order valence-corrected chi connectivity index (χ2v) is 9.80. The molecule has 2 aliphatic rings. The number of carbonyl (C=O) groups excluding carboxylic acids is 2. The van der Waals surface area contributed by atoms with Gasteiger partial charge in [-0.25, -0.2) is 9.78 Å². The van der Waals surface area contributed by atoms with Gasteiger partial charge in [-0.1, -0.05) is 0 Å². The number of amides is 2. The lowest BCUT2D eigenvalue weighted by Crippen LogP contribution is -2.36. The van der Waals surface area contributed by atoms with Gasteiger partial charge in [-0.05, 0) is 45.2 Å². The summed E-state index contributed by atoms with van der Waals surface area (Å²) in [4.78, 5) is 44.9. The van der Waals surface area contributed by atoms with Crippen LogP contribution in [0.15, 0.2) is 17.1 Å². The monoisotopic (exact) mass is 431 g/mol. The third kappa shape index (κ3) is 3.91. The van der Waals surface area contributed by atoms with E-state index in [9.17, 15) is 14.4 Å². The molecule has 1 atom stereocenters. The molecular weight excluding hydrogens is 406 g/mol. The Bertz CT molecular complexity index is 1040. The van der Waals surface area contributed by atoms with Crippen molar-refractivity contribution >= 4 is 29.2 Å². The molecule has 9 nitrogen and oxygen atoms in total. The second-order valence-electron chi connectivity index (χ2n) is 8.58. The van der Waals surface area contributed by atoms with Crippen LogP contribution in [0.3, 0.4) is 0 Å². The van der Waals surface area contributed by atoms with Crippen molar-refractivity contribution in [2.75, 3.05) is 5.73 Å². The fraction of sp³-hybridized carbons (Fsp3) is 0.500. The zero-order valence-electron chi connectivity index (χ0n) is 17.2. The summed E-state index contributed by atoms with van der Waals surface area (Å²) < 4.78 is 6.88. The van der Waals surface area contributed by atoms with Gasteiger partial charge in [-0.2, -0.15) is 0 Å². The number of aryl methyl sites for hydroxylation is 1. The molecule has 2 aromatic heterocycles. The van der Waals surface area contributed by atoms with Crippen molar-refractivity contribution in [2.45, 2.75) is 64.9 Å². The van der Waals surface area contributed by atoms with Gasteiger partial charge in [-0.3, -0.25) is 19.1 Å². The molecule has 2 aliphatic heterocycles. The van der Waals surface area contributed by atoms with Gasteiger partial charge in [-0.15, -0.1) is 11.3 Å². The molecule has 2 amide bonds. The minimum atomic E-state index is -0.563. The molecule has 0 aromatic carbocycles. The molecule has 0 fully saturated rings. The minimum Gasteiger partial charge on any atom is -0.444 e. The van der Waals surface area contributed by atoms with Crippen LogP contribution in [0.5, 0.6) is 0 Å². The van der Waals surface area contributed by atoms with Crippen molar-refractivity contribution in [1.29, 1.82) is 0 Å². The molecule has 3 N–H and O–H groups in total. The van der Waals surface area contributed by atoms with E-state index in [-0.39, 0.29) is 17.8 Å². The zero-order valence-corrected chi connectivity index (χ0v) is 18.0. The molecular formula is C20H25N5O4S. The van der Waals surface area contributed by atoms with E-state index < -0.39 is 17.2 Å². The fourth-order valence-corrected chi connectivity index (χ4v) is 4.91. The van der Waals surface area contributed by atoms with Crippen molar-refractivity contribution < 1.29 is 14.3 Å². The van der Waals surface area contributed by atoms with Crippen LogP contribution in [-0.2, 0) is 35.6 Å². The molecule has 2 aromatic rings. The molecule has 160 valence electrons. The van der Waals surface area contributed by atoms with E-state index in [4.69, 9.17) is 10.5 Å². The molecule has 1 unspecified atom stereocenters. The van der Waals surface area contributed by atoms with E-state index in [1.807, 2.05) is 26.8 Å². The Hall–Kier alpha value is -2.88. The lowest BCUT2D eigenvalue weighted by atomic mass is 10.2. The summed E-state index contributed by atoms with van der Waals surface area (Å²) in [6.07, 6.45) is 2.41. The quantitative estimate of drug-likeness (QED) is 0.766. The van der Waals surface area contributed by atoms with E-state index >= 15 is 0 Å². The SMILES string of the molecule is CC(C)(C)OC(=O)N1Cc2cc(CNC(=O)C3CCc4cnc(N)c(=O)n43)sc2C1. The zero-order chi connectivity index (χ0) is 21.6. The summed E-state index contributed by atoms with van der Waals surface area (Å²) in [7, 11) is 0. The molecule has 10 heteroatoms. The third-order valence-electron chi connectivity index (χ3n) is 5.12. The van der Waals surface area contributed by atoms with Crippen LogP contribution < -0.4 is 16.6 Å². The number of anilines is 1. The summed E-state index contributed by atoms with van der Waals surface area (Å²) in [6.45, 7) is 6.94. The lowest BCUT2D eigenvalue weighted by Gasteiger charge is -2.24. The number of aromatic nitrogens is 2. The van der Waals surface area contributed by atoms with Crippen LogP contribution in [0.25, 0.3) is 0 Å². The Morgan fingerprint density at radius 3 is 2.83 bits per heavy atom. The van der Waals surface area contributed by atoms with Gasteiger partial charge in [0.1, 0.15) is 11.6 Å². The van der Waals surface area contributed by atoms with Crippen LogP contribution >= 0.6 is 11.3 Å². The number of nitrogens with two attached hydrogens (primary N) is 1. The predicted molar refractivity (Wildman–Crippen MR) is 112 cm³/mol. The molecule has 0 aliphatic carbocycles. The number of fused-ring (bicyclic) bond motifs is 2. The number of ether oxygens (including phenoxy) is 1. The molecule has 0 saturated carbocycles. The third-order valence-corrected chi connectivity index (χ3v) is 6.28. The van der Waals surface area contributed by atoms with Gasteiger partial charge < -0.3 is 15.8 Å². The molecule has 0 radical (unpaired) electrons. The van der Waals surface area contributed by atoms with Gasteiger partial charge in [0.05, 0.1) is 19.6 Å². The Labute approximate surface area is 177 Å². The van der Waals surface area contributed by atoms with Crippen LogP contribution in [0, 0.1) is 0 Å². The molecule has 0 saturated heterocycles. The van der Waals surface area contributed by atoms with E-state index in [0.717, 1.165) is 21.0 Å². The van der Waals surface area contributed by atoms with Gasteiger partial charge in [0.15, 0.2) is 5.82 Å². The van der Waals surface area contributed by atoms with E-state index in [1.165, 1.54) is 4.57 Å². The van der Waals surface area contributed by atoms with Gasteiger partial charge in [0.2, 0.25) is 5.91 Å². The smallest absolute Gasteiger partial charge is 0.410 e. The Balaban J connectivity index is 1.36. The number of hydrogen-bond acceptors (Lipinski definition) is 7. The van der Waals surface area contributed by atoms with E-state index in [2.05, 4.69) is 10.3 Å². The van der Waals surface area contributed by atoms with E-state index in [0.29, 0.717) is 32.5 Å². The van der Waals surface area contributed by atoms with Crippen molar-refractivity contribution in [3.63, 3.8) is 0 Å². The van der Waals surface area contributed by atoms with Crippen LogP contribution in [0.1, 0.15) is 54.2 Å². The molecule has 30 heavy (non-hydrogen) atoms. The Morgan fingerprint density at radius 1 is 1.37 bits per heavy atom. The standard InChI is InChI=1S/C20H25N5O4S/c1-20(2,3)29-19(28)24-9-11-6-13(30-15(11)10-24)8-23-17(26)14-5-4-12-7-22-16(21)18(27)25(12)14/h6-7,14H,4-5,8-10H2,1-3H3,(H2,21,22)(H,23,26). The number of rotatable bonds is 3. The highest BCUT2D eigenvalue weighted by molar-refractivity contribution is 7.12. The first kappa shape index (κ1) is 20.4. The maximum atomic E-state index is 12.7. The summed E-state index contributed by atoms with van der Waals surface area (Å²) in [5, 5.41) is 2.93. The minimum absolute atomic E-state index is 0.0947. The maximum absolute atomic E-state index is 12.7. The number of carbonyl (C=O) groups is 2. The van der Waals surface area contributed by atoms with Crippen molar-refractivity contribution in [3.05, 3.63) is 43.6 Å². The van der Waals surface area contributed by atoms with Gasteiger partial charge in [0, 0.05) is 21.6 Å². The van der Waals surface area contributed by atoms with Crippen molar-refractivity contribution in [2.24, 2.45) is 0 Å². The van der Waals surface area contributed by atoms with Crippen LogP contribution in [-0.4, -0.2) is 32.1 Å². The Kier molecular flexibility index (Phi) is 5.05. The van der Waals surface area contributed by atoms with Crippen molar-refractivity contribution in [3.8, 4) is 0 Å².